The summed E-state index contributed by atoms with van der Waals surface area (Å²) in [7, 11) is -2.75. The van der Waals surface area contributed by atoms with Crippen molar-refractivity contribution in [3.05, 3.63) is 0 Å². The lowest BCUT2D eigenvalue weighted by Gasteiger charge is -2.11. The Morgan fingerprint density at radius 2 is 2.00 bits per heavy atom. The normalized spacial score (nSPS) is 19.1. The van der Waals surface area contributed by atoms with Crippen LogP contribution in [0.1, 0.15) is 39.0 Å². The molecule has 1 N–H and O–H groups in total. The second-order valence-electron chi connectivity index (χ2n) is 4.91. The highest BCUT2D eigenvalue weighted by molar-refractivity contribution is 7.90. The van der Waals surface area contributed by atoms with Gasteiger partial charge in [-0.2, -0.15) is 0 Å². The minimum absolute atomic E-state index is 0.343. The van der Waals surface area contributed by atoms with E-state index in [9.17, 15) is 8.42 Å². The predicted octanol–water partition coefficient (Wildman–Crippen LogP) is 1.59. The molecule has 1 rings (SSSR count). The van der Waals surface area contributed by atoms with E-state index in [0.29, 0.717) is 11.7 Å². The van der Waals surface area contributed by atoms with Crippen molar-refractivity contribution in [3.63, 3.8) is 0 Å². The lowest BCUT2D eigenvalue weighted by atomic mass is 10.0. The first-order chi connectivity index (χ1) is 6.97. The fourth-order valence-electron chi connectivity index (χ4n) is 1.61. The molecule has 0 radical (unpaired) electrons. The molecule has 1 atom stereocenters. The van der Waals surface area contributed by atoms with Crippen LogP contribution in [0.3, 0.4) is 0 Å². The second kappa shape index (κ2) is 5.85. The van der Waals surface area contributed by atoms with Gasteiger partial charge in [-0.25, -0.2) is 8.42 Å². The molecule has 1 unspecified atom stereocenters. The Kier molecular flexibility index (Phi) is 5.06. The minimum atomic E-state index is -2.75. The summed E-state index contributed by atoms with van der Waals surface area (Å²) in [5.74, 6) is 1.01. The summed E-state index contributed by atoms with van der Waals surface area (Å²) in [6, 6.07) is 0.781. The van der Waals surface area contributed by atoms with Crippen LogP contribution < -0.4 is 5.32 Å². The van der Waals surface area contributed by atoms with Gasteiger partial charge in [0.05, 0.1) is 0 Å². The van der Waals surface area contributed by atoms with Crippen molar-refractivity contribution in [2.24, 2.45) is 5.92 Å². The highest BCUT2D eigenvalue weighted by Crippen LogP contribution is 2.19. The van der Waals surface area contributed by atoms with Crippen molar-refractivity contribution in [2.75, 3.05) is 18.6 Å². The van der Waals surface area contributed by atoms with Gasteiger partial charge in [-0.05, 0) is 38.1 Å². The molecule has 1 fully saturated rings. The standard InChI is InChI=1S/C11H23NO2S/c1-10(9-12-11-6-7-11)5-3-4-8-15(2,13)14/h10-12H,3-9H2,1-2H3. The van der Waals surface area contributed by atoms with Crippen LogP contribution in [0, 0.1) is 5.92 Å². The Bertz CT molecular complexity index is 270. The van der Waals surface area contributed by atoms with Gasteiger partial charge in [0.2, 0.25) is 0 Å². The van der Waals surface area contributed by atoms with Crippen molar-refractivity contribution in [3.8, 4) is 0 Å². The molecular formula is C11H23NO2S. The number of nitrogens with one attached hydrogen (secondary N) is 1. The fraction of sp³-hybridized carbons (Fsp3) is 1.00. The van der Waals surface area contributed by atoms with Crippen LogP contribution in [0.15, 0.2) is 0 Å². The van der Waals surface area contributed by atoms with Gasteiger partial charge >= 0.3 is 0 Å². The zero-order valence-electron chi connectivity index (χ0n) is 9.83. The minimum Gasteiger partial charge on any atom is -0.314 e. The van der Waals surface area contributed by atoms with Crippen molar-refractivity contribution in [2.45, 2.75) is 45.1 Å². The highest BCUT2D eigenvalue weighted by atomic mass is 32.2. The molecule has 1 aliphatic rings. The third-order valence-electron chi connectivity index (χ3n) is 2.79. The number of hydrogen-bond acceptors (Lipinski definition) is 3. The summed E-state index contributed by atoms with van der Waals surface area (Å²) >= 11 is 0. The monoisotopic (exact) mass is 233 g/mol. The van der Waals surface area contributed by atoms with E-state index in [-0.39, 0.29) is 0 Å². The SMILES string of the molecule is CC(CCCCS(C)(=O)=O)CNC1CC1. The predicted molar refractivity (Wildman–Crippen MR) is 63.8 cm³/mol. The van der Waals surface area contributed by atoms with Crippen molar-refractivity contribution < 1.29 is 8.42 Å². The quantitative estimate of drug-likeness (QED) is 0.648. The van der Waals surface area contributed by atoms with E-state index in [4.69, 9.17) is 0 Å². The van der Waals surface area contributed by atoms with Gasteiger partial charge < -0.3 is 5.32 Å². The largest absolute Gasteiger partial charge is 0.314 e. The molecule has 4 heteroatoms. The van der Waals surface area contributed by atoms with Crippen molar-refractivity contribution in [1.82, 2.24) is 5.32 Å². The van der Waals surface area contributed by atoms with Gasteiger partial charge in [-0.3, -0.25) is 0 Å². The first-order valence-electron chi connectivity index (χ1n) is 5.88. The molecule has 1 saturated carbocycles. The van der Waals surface area contributed by atoms with Crippen LogP contribution in [0.4, 0.5) is 0 Å². The van der Waals surface area contributed by atoms with E-state index >= 15 is 0 Å². The van der Waals surface area contributed by atoms with Crippen LogP contribution in [-0.4, -0.2) is 33.0 Å². The maximum absolute atomic E-state index is 10.9. The van der Waals surface area contributed by atoms with Gasteiger partial charge in [-0.15, -0.1) is 0 Å². The van der Waals surface area contributed by atoms with Gasteiger partial charge in [0, 0.05) is 18.1 Å². The maximum Gasteiger partial charge on any atom is 0.147 e. The maximum atomic E-state index is 10.9. The summed E-state index contributed by atoms with van der Waals surface area (Å²) in [4.78, 5) is 0. The summed E-state index contributed by atoms with van der Waals surface area (Å²) in [5, 5.41) is 3.50. The first-order valence-corrected chi connectivity index (χ1v) is 7.94. The third kappa shape index (κ3) is 7.79. The van der Waals surface area contributed by atoms with Crippen LogP contribution in [0.25, 0.3) is 0 Å². The zero-order chi connectivity index (χ0) is 11.3. The molecule has 1 aliphatic carbocycles. The molecule has 0 spiro atoms. The lowest BCUT2D eigenvalue weighted by Crippen LogP contribution is -2.23. The van der Waals surface area contributed by atoms with Gasteiger partial charge in [0.1, 0.15) is 9.84 Å². The molecule has 0 amide bonds. The lowest BCUT2D eigenvalue weighted by molar-refractivity contribution is 0.462. The second-order valence-corrected chi connectivity index (χ2v) is 7.17. The van der Waals surface area contributed by atoms with Crippen LogP contribution >= 0.6 is 0 Å². The molecule has 0 aliphatic heterocycles. The van der Waals surface area contributed by atoms with Crippen LogP contribution in [0.5, 0.6) is 0 Å². The Balaban J connectivity index is 1.93. The van der Waals surface area contributed by atoms with Crippen LogP contribution in [0.2, 0.25) is 0 Å². The first kappa shape index (κ1) is 13.0. The molecule has 15 heavy (non-hydrogen) atoms. The number of hydrogen-bond donors (Lipinski definition) is 1. The van der Waals surface area contributed by atoms with E-state index < -0.39 is 9.84 Å². The molecule has 0 aromatic carbocycles. The average molecular weight is 233 g/mol. The summed E-state index contributed by atoms with van der Waals surface area (Å²) in [5.41, 5.74) is 0. The van der Waals surface area contributed by atoms with E-state index in [0.717, 1.165) is 31.8 Å². The molecule has 0 heterocycles. The van der Waals surface area contributed by atoms with Crippen molar-refractivity contribution in [1.29, 1.82) is 0 Å². The topological polar surface area (TPSA) is 46.2 Å². The molecule has 0 bridgehead atoms. The summed E-state index contributed by atoms with van der Waals surface area (Å²) < 4.78 is 21.8. The average Bonchev–Trinajstić information content (AvgIpc) is 2.91. The van der Waals surface area contributed by atoms with Gasteiger partial charge in [-0.1, -0.05) is 13.3 Å². The van der Waals surface area contributed by atoms with E-state index in [1.165, 1.54) is 19.1 Å². The third-order valence-corrected chi connectivity index (χ3v) is 3.82. The van der Waals surface area contributed by atoms with Crippen LogP contribution in [-0.2, 0) is 9.84 Å². The molecular weight excluding hydrogens is 210 g/mol. The van der Waals surface area contributed by atoms with E-state index in [1.54, 1.807) is 0 Å². The van der Waals surface area contributed by atoms with Crippen molar-refractivity contribution >= 4 is 9.84 Å². The number of unbranched alkanes of at least 4 members (excludes halogenated alkanes) is 1. The highest BCUT2D eigenvalue weighted by Gasteiger charge is 2.20. The molecule has 3 nitrogen and oxygen atoms in total. The summed E-state index contributed by atoms with van der Waals surface area (Å²) in [6.45, 7) is 3.32. The fourth-order valence-corrected chi connectivity index (χ4v) is 2.34. The summed E-state index contributed by atoms with van der Waals surface area (Å²) in [6.07, 6.45) is 6.95. The van der Waals surface area contributed by atoms with Gasteiger partial charge in [0.25, 0.3) is 0 Å². The molecule has 0 aromatic rings. The smallest absolute Gasteiger partial charge is 0.147 e. The Labute approximate surface area is 93.6 Å². The Morgan fingerprint density at radius 1 is 1.33 bits per heavy atom. The molecule has 0 aromatic heterocycles. The molecule has 90 valence electrons. The Hall–Kier alpha value is -0.0900. The Morgan fingerprint density at radius 3 is 2.53 bits per heavy atom. The van der Waals surface area contributed by atoms with E-state index in [2.05, 4.69) is 12.2 Å². The zero-order valence-corrected chi connectivity index (χ0v) is 10.6. The number of rotatable bonds is 8. The van der Waals surface area contributed by atoms with E-state index in [1.807, 2.05) is 0 Å². The molecule has 0 saturated heterocycles. The van der Waals surface area contributed by atoms with Gasteiger partial charge in [0.15, 0.2) is 0 Å². The number of sulfone groups is 1.